The number of hydrogen-bond acceptors (Lipinski definition) is 4. The molecule has 0 aliphatic rings. The number of aryl methyl sites for hydroxylation is 2. The maximum Gasteiger partial charge on any atom is 0.261 e. The first-order valence-electron chi connectivity index (χ1n) is 9.62. The number of amides is 1. The van der Waals surface area contributed by atoms with Crippen LogP contribution in [0.25, 0.3) is 11.3 Å². The van der Waals surface area contributed by atoms with Crippen LogP contribution in [-0.4, -0.2) is 10.9 Å². The van der Waals surface area contributed by atoms with Gasteiger partial charge < -0.3 is 4.42 Å². The average Bonchev–Trinajstić information content (AvgIpc) is 3.35. The Morgan fingerprint density at radius 3 is 2.52 bits per heavy atom. The van der Waals surface area contributed by atoms with Crippen molar-refractivity contribution in [1.29, 1.82) is 0 Å². The van der Waals surface area contributed by atoms with Crippen molar-refractivity contribution in [2.24, 2.45) is 0 Å². The lowest BCUT2D eigenvalue weighted by Crippen LogP contribution is -2.11. The first-order chi connectivity index (χ1) is 14.1. The van der Waals surface area contributed by atoms with Gasteiger partial charge in [-0.2, -0.15) is 0 Å². The van der Waals surface area contributed by atoms with Crippen molar-refractivity contribution in [3.8, 4) is 11.3 Å². The van der Waals surface area contributed by atoms with E-state index in [0.717, 1.165) is 23.3 Å². The smallest absolute Gasteiger partial charge is 0.261 e. The number of rotatable bonds is 6. The van der Waals surface area contributed by atoms with Crippen LogP contribution < -0.4 is 5.32 Å². The zero-order valence-corrected chi connectivity index (χ0v) is 17.3. The van der Waals surface area contributed by atoms with Crippen LogP contribution in [-0.2, 0) is 12.8 Å². The molecule has 0 saturated heterocycles. The molecule has 1 amide bonds. The van der Waals surface area contributed by atoms with Gasteiger partial charge in [0.1, 0.15) is 11.5 Å². The van der Waals surface area contributed by atoms with Gasteiger partial charge in [-0.25, -0.2) is 4.98 Å². The lowest BCUT2D eigenvalue weighted by molar-refractivity contribution is 0.102. The highest BCUT2D eigenvalue weighted by Crippen LogP contribution is 2.27. The molecule has 4 nitrogen and oxygen atoms in total. The summed E-state index contributed by atoms with van der Waals surface area (Å²) in [6.45, 7) is 3.95. The molecule has 5 heteroatoms. The minimum atomic E-state index is -0.207. The highest BCUT2D eigenvalue weighted by atomic mass is 32.1. The predicted molar refractivity (Wildman–Crippen MR) is 118 cm³/mol. The van der Waals surface area contributed by atoms with Gasteiger partial charge in [-0.05, 0) is 30.5 Å². The van der Waals surface area contributed by atoms with E-state index in [1.165, 1.54) is 22.5 Å². The van der Waals surface area contributed by atoms with E-state index in [9.17, 15) is 4.79 Å². The summed E-state index contributed by atoms with van der Waals surface area (Å²) in [7, 11) is 0. The van der Waals surface area contributed by atoms with Gasteiger partial charge in [0.15, 0.2) is 5.13 Å². The lowest BCUT2D eigenvalue weighted by Gasteiger charge is -2.01. The van der Waals surface area contributed by atoms with E-state index in [1.807, 2.05) is 36.5 Å². The fourth-order valence-electron chi connectivity index (χ4n) is 3.16. The van der Waals surface area contributed by atoms with Crippen LogP contribution >= 0.6 is 11.3 Å². The Morgan fingerprint density at radius 1 is 1.07 bits per heavy atom. The zero-order chi connectivity index (χ0) is 20.2. The molecule has 2 heterocycles. The molecule has 0 saturated carbocycles. The molecule has 1 N–H and O–H groups in total. The van der Waals surface area contributed by atoms with Crippen molar-refractivity contribution in [3.63, 3.8) is 0 Å². The van der Waals surface area contributed by atoms with E-state index < -0.39 is 0 Å². The summed E-state index contributed by atoms with van der Waals surface area (Å²) in [6.07, 6.45) is 3.67. The number of aromatic nitrogens is 1. The third-order valence-corrected chi connectivity index (χ3v) is 5.72. The van der Waals surface area contributed by atoms with Crippen molar-refractivity contribution in [2.75, 3.05) is 5.32 Å². The monoisotopic (exact) mass is 402 g/mol. The maximum atomic E-state index is 12.7. The Hall–Kier alpha value is -3.18. The Kier molecular flexibility index (Phi) is 5.58. The van der Waals surface area contributed by atoms with Crippen LogP contribution in [0.4, 0.5) is 5.13 Å². The number of carbonyl (C=O) groups excluding carboxylic acids is 1. The van der Waals surface area contributed by atoms with Crippen LogP contribution in [0.2, 0.25) is 0 Å². The molecule has 0 unspecified atom stereocenters. The topological polar surface area (TPSA) is 55.1 Å². The minimum Gasteiger partial charge on any atom is -0.461 e. The molecule has 0 radical (unpaired) electrons. The second-order valence-corrected chi connectivity index (χ2v) is 7.99. The Balaban J connectivity index is 1.44. The van der Waals surface area contributed by atoms with E-state index in [-0.39, 0.29) is 5.91 Å². The van der Waals surface area contributed by atoms with Crippen LogP contribution in [0.15, 0.2) is 71.3 Å². The minimum absolute atomic E-state index is 0.207. The van der Waals surface area contributed by atoms with Gasteiger partial charge in [0, 0.05) is 23.1 Å². The first-order valence-corrected chi connectivity index (χ1v) is 10.4. The highest BCUT2D eigenvalue weighted by Gasteiger charge is 2.17. The van der Waals surface area contributed by atoms with Gasteiger partial charge in [0.05, 0.1) is 5.56 Å². The maximum absolute atomic E-state index is 12.7. The number of nitrogens with one attached hydrogen (secondary N) is 1. The number of carbonyl (C=O) groups is 1. The summed E-state index contributed by atoms with van der Waals surface area (Å²) in [6, 6.07) is 20.2. The van der Waals surface area contributed by atoms with Crippen LogP contribution in [0.1, 0.15) is 39.0 Å². The van der Waals surface area contributed by atoms with Gasteiger partial charge in [0.2, 0.25) is 0 Å². The fraction of sp³-hybridized carbons (Fsp3) is 0.167. The number of anilines is 1. The molecular weight excluding hydrogens is 380 g/mol. The van der Waals surface area contributed by atoms with Crippen molar-refractivity contribution in [3.05, 3.63) is 94.2 Å². The normalized spacial score (nSPS) is 10.8. The first kappa shape index (κ1) is 19.2. The summed E-state index contributed by atoms with van der Waals surface area (Å²) < 4.78 is 5.78. The second kappa shape index (κ2) is 8.45. The lowest BCUT2D eigenvalue weighted by atomic mass is 10.1. The van der Waals surface area contributed by atoms with Crippen molar-refractivity contribution in [1.82, 2.24) is 4.98 Å². The van der Waals surface area contributed by atoms with E-state index in [4.69, 9.17) is 4.42 Å². The summed E-state index contributed by atoms with van der Waals surface area (Å²) in [5, 5.41) is 3.49. The SMILES string of the molecule is CCc1ccc(Cc2cnc(NC(=O)c3cc(-c4ccccc4)oc3C)s2)cc1. The zero-order valence-electron chi connectivity index (χ0n) is 16.4. The molecule has 0 aliphatic carbocycles. The molecular formula is C24H22N2O2S. The molecule has 29 heavy (non-hydrogen) atoms. The largest absolute Gasteiger partial charge is 0.461 e. The third kappa shape index (κ3) is 4.46. The quantitative estimate of drug-likeness (QED) is 0.423. The number of thiazole rings is 1. The predicted octanol–water partition coefficient (Wildman–Crippen LogP) is 6.12. The molecule has 0 bridgehead atoms. The summed E-state index contributed by atoms with van der Waals surface area (Å²) in [5.41, 5.74) is 4.04. The van der Waals surface area contributed by atoms with Crippen LogP contribution in [0.5, 0.6) is 0 Å². The van der Waals surface area contributed by atoms with Gasteiger partial charge >= 0.3 is 0 Å². The standard InChI is InChI=1S/C24H22N2O2S/c1-3-17-9-11-18(12-10-17)13-20-15-25-24(29-20)26-23(27)21-14-22(28-16(21)2)19-7-5-4-6-8-19/h4-12,14-15H,3,13H2,1-2H3,(H,25,26,27). The molecule has 0 spiro atoms. The molecule has 0 fully saturated rings. The number of furan rings is 1. The Morgan fingerprint density at radius 2 is 1.79 bits per heavy atom. The number of nitrogens with zero attached hydrogens (tertiary/aromatic N) is 1. The van der Waals surface area contributed by atoms with E-state index in [0.29, 0.717) is 22.2 Å². The van der Waals surface area contributed by atoms with Crippen molar-refractivity contribution in [2.45, 2.75) is 26.7 Å². The van der Waals surface area contributed by atoms with Crippen LogP contribution in [0.3, 0.4) is 0 Å². The average molecular weight is 403 g/mol. The van der Waals surface area contributed by atoms with Gasteiger partial charge in [-0.3, -0.25) is 10.1 Å². The number of benzene rings is 2. The molecule has 4 aromatic rings. The van der Waals surface area contributed by atoms with E-state index in [1.54, 1.807) is 13.0 Å². The fourth-order valence-corrected chi connectivity index (χ4v) is 4.00. The molecule has 0 atom stereocenters. The van der Waals surface area contributed by atoms with Gasteiger partial charge in [-0.15, -0.1) is 11.3 Å². The van der Waals surface area contributed by atoms with E-state index in [2.05, 4.69) is 41.5 Å². The summed E-state index contributed by atoms with van der Waals surface area (Å²) in [4.78, 5) is 18.2. The molecule has 2 aromatic carbocycles. The second-order valence-electron chi connectivity index (χ2n) is 6.88. The van der Waals surface area contributed by atoms with E-state index >= 15 is 0 Å². The van der Waals surface area contributed by atoms with Gasteiger partial charge in [0.25, 0.3) is 5.91 Å². The number of hydrogen-bond donors (Lipinski definition) is 1. The van der Waals surface area contributed by atoms with Crippen molar-refractivity contribution >= 4 is 22.4 Å². The van der Waals surface area contributed by atoms with Crippen LogP contribution in [0, 0.1) is 6.92 Å². The third-order valence-electron chi connectivity index (χ3n) is 4.80. The summed E-state index contributed by atoms with van der Waals surface area (Å²) in [5.74, 6) is 1.07. The molecule has 4 rings (SSSR count). The Bertz CT molecular complexity index is 1110. The molecule has 2 aromatic heterocycles. The molecule has 0 aliphatic heterocycles. The highest BCUT2D eigenvalue weighted by molar-refractivity contribution is 7.15. The van der Waals surface area contributed by atoms with Crippen molar-refractivity contribution < 1.29 is 9.21 Å². The Labute approximate surface area is 174 Å². The summed E-state index contributed by atoms with van der Waals surface area (Å²) >= 11 is 1.50. The molecule has 146 valence electrons. The van der Waals surface area contributed by atoms with Gasteiger partial charge in [-0.1, -0.05) is 61.5 Å².